The number of thiazole rings is 1. The second-order valence-corrected chi connectivity index (χ2v) is 5.75. The fourth-order valence-corrected chi connectivity index (χ4v) is 2.99. The third kappa shape index (κ3) is 2.94. The van der Waals surface area contributed by atoms with Crippen LogP contribution in [0.3, 0.4) is 0 Å². The third-order valence-corrected chi connectivity index (χ3v) is 4.33. The average Bonchev–Trinajstić information content (AvgIpc) is 2.57. The normalized spacial score (nSPS) is 18.0. The zero-order valence-electron chi connectivity index (χ0n) is 9.68. The van der Waals surface area contributed by atoms with Crippen LogP contribution in [0.2, 0.25) is 0 Å². The molecule has 84 valence electrons. The summed E-state index contributed by atoms with van der Waals surface area (Å²) in [4.78, 5) is 5.84. The standard InChI is InChI=1S/C12H20N2S/c1-9-10(2)15-12(14-9)13-8-11-6-4-3-5-7-11/h11H,3-8H2,1-2H3,(H,13,14). The molecule has 0 radical (unpaired) electrons. The van der Waals surface area contributed by atoms with Gasteiger partial charge in [0.2, 0.25) is 0 Å². The highest BCUT2D eigenvalue weighted by molar-refractivity contribution is 7.15. The number of aromatic nitrogens is 1. The highest BCUT2D eigenvalue weighted by atomic mass is 32.1. The minimum atomic E-state index is 0.878. The SMILES string of the molecule is Cc1nc(NCC2CCCCC2)sc1C. The maximum Gasteiger partial charge on any atom is 0.183 e. The lowest BCUT2D eigenvalue weighted by Crippen LogP contribution is -2.16. The van der Waals surface area contributed by atoms with E-state index >= 15 is 0 Å². The van der Waals surface area contributed by atoms with Gasteiger partial charge in [-0.15, -0.1) is 11.3 Å². The Labute approximate surface area is 96.1 Å². The van der Waals surface area contributed by atoms with Crippen LogP contribution in [0.5, 0.6) is 0 Å². The Morgan fingerprint density at radius 3 is 2.60 bits per heavy atom. The van der Waals surface area contributed by atoms with Gasteiger partial charge in [0.1, 0.15) is 0 Å². The molecule has 0 bridgehead atoms. The summed E-state index contributed by atoms with van der Waals surface area (Å²) in [5.74, 6) is 0.878. The zero-order chi connectivity index (χ0) is 10.7. The topological polar surface area (TPSA) is 24.9 Å². The van der Waals surface area contributed by atoms with Gasteiger partial charge in [-0.2, -0.15) is 0 Å². The van der Waals surface area contributed by atoms with E-state index in [4.69, 9.17) is 0 Å². The molecule has 1 aromatic heterocycles. The van der Waals surface area contributed by atoms with Crippen molar-refractivity contribution in [3.63, 3.8) is 0 Å². The molecule has 3 heteroatoms. The molecule has 15 heavy (non-hydrogen) atoms. The lowest BCUT2D eigenvalue weighted by Gasteiger charge is -2.21. The van der Waals surface area contributed by atoms with Crippen molar-refractivity contribution in [2.45, 2.75) is 46.0 Å². The Kier molecular flexibility index (Phi) is 3.62. The summed E-state index contributed by atoms with van der Waals surface area (Å²) < 4.78 is 0. The van der Waals surface area contributed by atoms with E-state index in [1.807, 2.05) is 0 Å². The van der Waals surface area contributed by atoms with E-state index in [0.717, 1.165) is 17.6 Å². The van der Waals surface area contributed by atoms with Crippen molar-refractivity contribution in [2.75, 3.05) is 11.9 Å². The van der Waals surface area contributed by atoms with Crippen LogP contribution in [0.4, 0.5) is 5.13 Å². The lowest BCUT2D eigenvalue weighted by molar-refractivity contribution is 0.373. The highest BCUT2D eigenvalue weighted by Gasteiger charge is 2.13. The number of nitrogens with one attached hydrogen (secondary N) is 1. The summed E-state index contributed by atoms with van der Waals surface area (Å²) >= 11 is 1.78. The maximum atomic E-state index is 4.50. The molecule has 1 aromatic rings. The molecule has 0 atom stereocenters. The molecule has 1 aliphatic rings. The molecule has 1 saturated carbocycles. The Morgan fingerprint density at radius 1 is 1.27 bits per heavy atom. The van der Waals surface area contributed by atoms with Gasteiger partial charge in [0, 0.05) is 11.4 Å². The molecule has 2 nitrogen and oxygen atoms in total. The van der Waals surface area contributed by atoms with Crippen LogP contribution >= 0.6 is 11.3 Å². The van der Waals surface area contributed by atoms with Crippen LogP contribution in [0.15, 0.2) is 0 Å². The van der Waals surface area contributed by atoms with Crippen LogP contribution in [0.25, 0.3) is 0 Å². The molecule has 0 unspecified atom stereocenters. The van der Waals surface area contributed by atoms with Crippen LogP contribution in [0, 0.1) is 19.8 Å². The van der Waals surface area contributed by atoms with E-state index in [1.54, 1.807) is 11.3 Å². The molecule has 0 saturated heterocycles. The average molecular weight is 224 g/mol. The van der Waals surface area contributed by atoms with Crippen molar-refractivity contribution in [1.82, 2.24) is 4.98 Å². The second kappa shape index (κ2) is 4.97. The number of hydrogen-bond acceptors (Lipinski definition) is 3. The van der Waals surface area contributed by atoms with Gasteiger partial charge in [0.15, 0.2) is 5.13 Å². The number of nitrogens with zero attached hydrogens (tertiary/aromatic N) is 1. The number of rotatable bonds is 3. The molecule has 2 rings (SSSR count). The van der Waals surface area contributed by atoms with Gasteiger partial charge in [-0.25, -0.2) is 4.98 Å². The maximum absolute atomic E-state index is 4.50. The summed E-state index contributed by atoms with van der Waals surface area (Å²) in [6.45, 7) is 5.34. The van der Waals surface area contributed by atoms with Crippen molar-refractivity contribution in [1.29, 1.82) is 0 Å². The van der Waals surface area contributed by atoms with Gasteiger partial charge in [-0.3, -0.25) is 0 Å². The molecule has 0 aliphatic heterocycles. The molecule has 1 aliphatic carbocycles. The second-order valence-electron chi connectivity index (χ2n) is 4.55. The van der Waals surface area contributed by atoms with Gasteiger partial charge in [0.25, 0.3) is 0 Å². The molecule has 1 N–H and O–H groups in total. The molecular formula is C12H20N2S. The van der Waals surface area contributed by atoms with E-state index in [-0.39, 0.29) is 0 Å². The van der Waals surface area contributed by atoms with Gasteiger partial charge in [0.05, 0.1) is 5.69 Å². The third-order valence-electron chi connectivity index (χ3n) is 3.30. The summed E-state index contributed by atoms with van der Waals surface area (Å²) in [5.41, 5.74) is 1.17. The van der Waals surface area contributed by atoms with E-state index in [2.05, 4.69) is 24.1 Å². The predicted molar refractivity (Wildman–Crippen MR) is 66.7 cm³/mol. The first-order valence-corrected chi connectivity index (χ1v) is 6.75. The summed E-state index contributed by atoms with van der Waals surface area (Å²) in [6.07, 6.45) is 7.07. The molecule has 0 aromatic carbocycles. The summed E-state index contributed by atoms with van der Waals surface area (Å²) in [6, 6.07) is 0. The van der Waals surface area contributed by atoms with Gasteiger partial charge < -0.3 is 5.32 Å². The van der Waals surface area contributed by atoms with Gasteiger partial charge >= 0.3 is 0 Å². The minimum Gasteiger partial charge on any atom is -0.361 e. The molecular weight excluding hydrogens is 204 g/mol. The minimum absolute atomic E-state index is 0.878. The van der Waals surface area contributed by atoms with Crippen molar-refractivity contribution >= 4 is 16.5 Å². The summed E-state index contributed by atoms with van der Waals surface area (Å²) in [7, 11) is 0. The van der Waals surface area contributed by atoms with Gasteiger partial charge in [-0.05, 0) is 32.6 Å². The first-order valence-electron chi connectivity index (χ1n) is 5.93. The highest BCUT2D eigenvalue weighted by Crippen LogP contribution is 2.26. The smallest absolute Gasteiger partial charge is 0.183 e. The van der Waals surface area contributed by atoms with E-state index < -0.39 is 0 Å². The van der Waals surface area contributed by atoms with Gasteiger partial charge in [-0.1, -0.05) is 19.3 Å². The van der Waals surface area contributed by atoms with Crippen molar-refractivity contribution in [3.05, 3.63) is 10.6 Å². The van der Waals surface area contributed by atoms with Crippen molar-refractivity contribution in [3.8, 4) is 0 Å². The Morgan fingerprint density at radius 2 is 2.00 bits per heavy atom. The largest absolute Gasteiger partial charge is 0.361 e. The first kappa shape index (κ1) is 10.9. The van der Waals surface area contributed by atoms with E-state index in [9.17, 15) is 0 Å². The Bertz CT molecular complexity index is 294. The fraction of sp³-hybridized carbons (Fsp3) is 0.750. The Hall–Kier alpha value is -0.570. The Balaban J connectivity index is 1.81. The zero-order valence-corrected chi connectivity index (χ0v) is 10.5. The molecule has 0 spiro atoms. The quantitative estimate of drug-likeness (QED) is 0.845. The predicted octanol–water partition coefficient (Wildman–Crippen LogP) is 3.75. The number of hydrogen-bond donors (Lipinski definition) is 1. The fourth-order valence-electron chi connectivity index (χ4n) is 2.17. The number of aryl methyl sites for hydroxylation is 2. The van der Waals surface area contributed by atoms with Crippen LogP contribution in [0.1, 0.15) is 42.7 Å². The molecule has 0 amide bonds. The number of anilines is 1. The van der Waals surface area contributed by atoms with Crippen LogP contribution in [-0.2, 0) is 0 Å². The first-order chi connectivity index (χ1) is 7.25. The summed E-state index contributed by atoms with van der Waals surface area (Å²) in [5, 5.41) is 4.59. The van der Waals surface area contributed by atoms with E-state index in [0.29, 0.717) is 0 Å². The van der Waals surface area contributed by atoms with Crippen LogP contribution < -0.4 is 5.32 Å². The van der Waals surface area contributed by atoms with Crippen LogP contribution in [-0.4, -0.2) is 11.5 Å². The monoisotopic (exact) mass is 224 g/mol. The van der Waals surface area contributed by atoms with Crippen molar-refractivity contribution < 1.29 is 0 Å². The van der Waals surface area contributed by atoms with E-state index in [1.165, 1.54) is 42.7 Å². The molecule has 1 fully saturated rings. The van der Waals surface area contributed by atoms with Crippen molar-refractivity contribution in [2.24, 2.45) is 5.92 Å². The lowest BCUT2D eigenvalue weighted by atomic mass is 9.89. The molecule has 1 heterocycles.